The molecule has 1 aromatic carbocycles. The maximum Gasteiger partial charge on any atom is 0.409 e. The van der Waals surface area contributed by atoms with Crippen molar-refractivity contribution in [1.82, 2.24) is 15.5 Å². The number of benzene rings is 1. The summed E-state index contributed by atoms with van der Waals surface area (Å²) in [7, 11) is 1.41. The second kappa shape index (κ2) is 10.7. The van der Waals surface area contributed by atoms with Crippen LogP contribution in [0.2, 0.25) is 0 Å². The van der Waals surface area contributed by atoms with Crippen molar-refractivity contribution in [3.05, 3.63) is 35.9 Å². The Labute approximate surface area is 155 Å². The first-order valence-corrected chi connectivity index (χ1v) is 9.22. The number of hydrogen-bond donors (Lipinski definition) is 3. The van der Waals surface area contributed by atoms with E-state index in [2.05, 4.69) is 15.6 Å². The van der Waals surface area contributed by atoms with E-state index >= 15 is 0 Å². The fourth-order valence-corrected chi connectivity index (χ4v) is 3.00. The first-order valence-electron chi connectivity index (χ1n) is 9.22. The third-order valence-electron chi connectivity index (χ3n) is 4.39. The molecule has 2 rings (SSSR count). The summed E-state index contributed by atoms with van der Waals surface area (Å²) in [6.45, 7) is 4.44. The second-order valence-electron chi connectivity index (χ2n) is 6.44. The van der Waals surface area contributed by atoms with Gasteiger partial charge in [0.1, 0.15) is 0 Å². The van der Waals surface area contributed by atoms with Gasteiger partial charge in [-0.2, -0.15) is 0 Å². The Kier molecular flexibility index (Phi) is 8.21. The molecule has 1 atom stereocenters. The number of hydrogen-bond acceptors (Lipinski definition) is 4. The fourth-order valence-electron chi connectivity index (χ4n) is 3.00. The lowest BCUT2D eigenvalue weighted by Crippen LogP contribution is -2.50. The monoisotopic (exact) mass is 362 g/mol. The van der Waals surface area contributed by atoms with E-state index in [1.54, 1.807) is 4.90 Å². The number of methoxy groups -OCH3 is 1. The average molecular weight is 362 g/mol. The van der Waals surface area contributed by atoms with E-state index in [0.29, 0.717) is 32.0 Å². The van der Waals surface area contributed by atoms with Crippen LogP contribution in [0.1, 0.15) is 25.3 Å². The Morgan fingerprint density at radius 2 is 2.04 bits per heavy atom. The minimum atomic E-state index is -0.519. The van der Waals surface area contributed by atoms with Gasteiger partial charge in [0.05, 0.1) is 19.8 Å². The number of aliphatic imine (C=N–C) groups is 1. The topological polar surface area (TPSA) is 86.2 Å². The van der Waals surface area contributed by atoms with Crippen molar-refractivity contribution in [3.8, 4) is 0 Å². The summed E-state index contributed by atoms with van der Waals surface area (Å²) in [5.74, 6) is 0.705. The van der Waals surface area contributed by atoms with Crippen molar-refractivity contribution in [2.45, 2.75) is 38.3 Å². The lowest BCUT2D eigenvalue weighted by Gasteiger charge is -2.32. The molecule has 1 aliphatic heterocycles. The molecule has 1 heterocycles. The van der Waals surface area contributed by atoms with Crippen molar-refractivity contribution in [2.24, 2.45) is 4.99 Å². The Bertz CT molecular complexity index is 571. The number of rotatable bonds is 6. The molecule has 1 amide bonds. The van der Waals surface area contributed by atoms with Gasteiger partial charge in [-0.25, -0.2) is 4.79 Å². The summed E-state index contributed by atoms with van der Waals surface area (Å²) >= 11 is 0. The van der Waals surface area contributed by atoms with Crippen LogP contribution in [-0.2, 0) is 11.2 Å². The zero-order chi connectivity index (χ0) is 18.8. The maximum atomic E-state index is 11.5. The molecule has 144 valence electrons. The predicted molar refractivity (Wildman–Crippen MR) is 102 cm³/mol. The lowest BCUT2D eigenvalue weighted by atomic mass is 10.1. The van der Waals surface area contributed by atoms with E-state index in [0.717, 1.165) is 24.9 Å². The largest absolute Gasteiger partial charge is 0.453 e. The molecule has 26 heavy (non-hydrogen) atoms. The lowest BCUT2D eigenvalue weighted by molar-refractivity contribution is 0.111. The number of piperidine rings is 1. The third kappa shape index (κ3) is 6.55. The van der Waals surface area contributed by atoms with Gasteiger partial charge in [0.25, 0.3) is 0 Å². The van der Waals surface area contributed by atoms with Crippen molar-refractivity contribution in [2.75, 3.05) is 33.3 Å². The number of carbonyl (C=O) groups excluding carboxylic acids is 1. The summed E-state index contributed by atoms with van der Waals surface area (Å²) in [4.78, 5) is 17.8. The SMILES string of the molecule is CCNC(=NCC(O)Cc1ccccc1)NC1CCN(C(=O)OC)CC1. The van der Waals surface area contributed by atoms with Gasteiger partial charge < -0.3 is 25.4 Å². The van der Waals surface area contributed by atoms with Gasteiger partial charge in [-0.05, 0) is 25.3 Å². The Balaban J connectivity index is 1.82. The summed E-state index contributed by atoms with van der Waals surface area (Å²) < 4.78 is 4.76. The molecule has 0 aliphatic carbocycles. The molecular weight excluding hydrogens is 332 g/mol. The Morgan fingerprint density at radius 3 is 2.65 bits per heavy atom. The predicted octanol–water partition coefficient (Wildman–Crippen LogP) is 1.38. The molecule has 0 saturated carbocycles. The van der Waals surface area contributed by atoms with E-state index in [4.69, 9.17) is 4.74 Å². The van der Waals surface area contributed by atoms with Crippen molar-refractivity contribution in [1.29, 1.82) is 0 Å². The summed E-state index contributed by atoms with van der Waals surface area (Å²) in [5.41, 5.74) is 1.10. The van der Waals surface area contributed by atoms with E-state index in [9.17, 15) is 9.90 Å². The third-order valence-corrected chi connectivity index (χ3v) is 4.39. The summed E-state index contributed by atoms with van der Waals surface area (Å²) in [5, 5.41) is 16.8. The highest BCUT2D eigenvalue weighted by Crippen LogP contribution is 2.11. The normalized spacial score (nSPS) is 16.9. The maximum absolute atomic E-state index is 11.5. The first kappa shape index (κ1) is 20.0. The fraction of sp³-hybridized carbons (Fsp3) is 0.579. The van der Waals surface area contributed by atoms with Gasteiger partial charge in [0.2, 0.25) is 0 Å². The van der Waals surface area contributed by atoms with Crippen LogP contribution in [0.3, 0.4) is 0 Å². The first-order chi connectivity index (χ1) is 12.6. The Hall–Kier alpha value is -2.28. The number of carbonyl (C=O) groups is 1. The number of nitrogens with one attached hydrogen (secondary N) is 2. The van der Waals surface area contributed by atoms with Crippen LogP contribution in [0.4, 0.5) is 4.79 Å². The van der Waals surface area contributed by atoms with Crippen LogP contribution in [0.5, 0.6) is 0 Å². The smallest absolute Gasteiger partial charge is 0.409 e. The molecule has 0 radical (unpaired) electrons. The van der Waals surface area contributed by atoms with Gasteiger partial charge in [-0.3, -0.25) is 4.99 Å². The number of nitrogens with zero attached hydrogens (tertiary/aromatic N) is 2. The molecule has 0 spiro atoms. The van der Waals surface area contributed by atoms with Gasteiger partial charge in [0, 0.05) is 32.1 Å². The molecule has 1 unspecified atom stereocenters. The van der Waals surface area contributed by atoms with E-state index < -0.39 is 6.10 Å². The molecule has 1 fully saturated rings. The van der Waals surface area contributed by atoms with Crippen LogP contribution < -0.4 is 10.6 Å². The number of ether oxygens (including phenoxy) is 1. The summed E-state index contributed by atoms with van der Waals surface area (Å²) in [6.07, 6.45) is 1.47. The number of aliphatic hydroxyl groups excluding tert-OH is 1. The average Bonchev–Trinajstić information content (AvgIpc) is 2.67. The second-order valence-corrected chi connectivity index (χ2v) is 6.44. The molecule has 1 saturated heterocycles. The van der Waals surface area contributed by atoms with E-state index in [1.165, 1.54) is 7.11 Å². The van der Waals surface area contributed by atoms with E-state index in [-0.39, 0.29) is 12.1 Å². The van der Waals surface area contributed by atoms with Crippen LogP contribution in [0.15, 0.2) is 35.3 Å². The number of likely N-dealkylation sites (tertiary alicyclic amines) is 1. The number of guanidine groups is 1. The zero-order valence-corrected chi connectivity index (χ0v) is 15.6. The minimum Gasteiger partial charge on any atom is -0.453 e. The molecule has 7 nitrogen and oxygen atoms in total. The van der Waals surface area contributed by atoms with E-state index in [1.807, 2.05) is 37.3 Å². The van der Waals surface area contributed by atoms with Gasteiger partial charge >= 0.3 is 6.09 Å². The van der Waals surface area contributed by atoms with Gasteiger partial charge in [-0.15, -0.1) is 0 Å². The molecule has 0 bridgehead atoms. The van der Waals surface area contributed by atoms with Crippen LogP contribution in [0.25, 0.3) is 0 Å². The quantitative estimate of drug-likeness (QED) is 0.526. The van der Waals surface area contributed by atoms with Crippen LogP contribution >= 0.6 is 0 Å². The minimum absolute atomic E-state index is 0.250. The standard InChI is InChI=1S/C19H30N4O3/c1-3-20-18(21-14-17(24)13-15-7-5-4-6-8-15)22-16-9-11-23(12-10-16)19(25)26-2/h4-8,16-17,24H,3,9-14H2,1-2H3,(H2,20,21,22). The number of aliphatic hydroxyl groups is 1. The number of amides is 1. The van der Waals surface area contributed by atoms with Gasteiger partial charge in [-0.1, -0.05) is 30.3 Å². The zero-order valence-electron chi connectivity index (χ0n) is 15.6. The molecular formula is C19H30N4O3. The molecule has 3 N–H and O–H groups in total. The molecule has 0 aromatic heterocycles. The van der Waals surface area contributed by atoms with Crippen molar-refractivity contribution in [3.63, 3.8) is 0 Å². The van der Waals surface area contributed by atoms with Crippen molar-refractivity contribution >= 4 is 12.1 Å². The van der Waals surface area contributed by atoms with Crippen LogP contribution in [0, 0.1) is 0 Å². The molecule has 7 heteroatoms. The highest BCUT2D eigenvalue weighted by molar-refractivity contribution is 5.80. The van der Waals surface area contributed by atoms with Crippen LogP contribution in [-0.4, -0.2) is 67.5 Å². The Morgan fingerprint density at radius 1 is 1.35 bits per heavy atom. The molecule has 1 aliphatic rings. The van der Waals surface area contributed by atoms with Crippen molar-refractivity contribution < 1.29 is 14.6 Å². The highest BCUT2D eigenvalue weighted by atomic mass is 16.5. The summed E-state index contributed by atoms with van der Waals surface area (Å²) in [6, 6.07) is 10.2. The molecule has 1 aromatic rings. The van der Waals surface area contributed by atoms with Gasteiger partial charge in [0.15, 0.2) is 5.96 Å². The highest BCUT2D eigenvalue weighted by Gasteiger charge is 2.23.